The van der Waals surface area contributed by atoms with Crippen molar-refractivity contribution in [1.29, 1.82) is 0 Å². The Labute approximate surface area is 162 Å². The van der Waals surface area contributed by atoms with Crippen molar-refractivity contribution in [1.82, 2.24) is 0 Å². The molecular weight excluding hydrogens is 356 g/mol. The van der Waals surface area contributed by atoms with Crippen LogP contribution in [0.1, 0.15) is 26.3 Å². The van der Waals surface area contributed by atoms with Crippen LogP contribution in [0.5, 0.6) is 17.2 Å². The molecule has 0 aromatic heterocycles. The molecule has 0 fully saturated rings. The minimum Gasteiger partial charge on any atom is -0.497 e. The van der Waals surface area contributed by atoms with Gasteiger partial charge >= 0.3 is 0 Å². The number of amides is 2. The number of carbonyl (C=O) groups is 2. The molecule has 2 amide bonds. The Kier molecular flexibility index (Phi) is 4.45. The Morgan fingerprint density at radius 2 is 1.86 bits per heavy atom. The molecule has 0 radical (unpaired) electrons. The number of aryl methyl sites for hydroxylation is 1. The fourth-order valence-corrected chi connectivity index (χ4v) is 2.98. The summed E-state index contributed by atoms with van der Waals surface area (Å²) in [5.74, 6) is 1.00. The van der Waals surface area contributed by atoms with Gasteiger partial charge in [-0.1, -0.05) is 12.1 Å². The fraction of sp³-hybridized carbons (Fsp3) is 0.0909. The number of hydrogen-bond donors (Lipinski definition) is 2. The van der Waals surface area contributed by atoms with Crippen LogP contribution in [0.3, 0.4) is 0 Å². The molecule has 3 aromatic rings. The summed E-state index contributed by atoms with van der Waals surface area (Å²) in [5.41, 5.74) is 2.92. The maximum atomic E-state index is 12.7. The molecule has 0 unspecified atom stereocenters. The Morgan fingerprint density at radius 1 is 1.04 bits per heavy atom. The van der Waals surface area contributed by atoms with E-state index >= 15 is 0 Å². The van der Waals surface area contributed by atoms with E-state index in [2.05, 4.69) is 10.6 Å². The van der Waals surface area contributed by atoms with E-state index in [1.807, 2.05) is 25.1 Å². The van der Waals surface area contributed by atoms with E-state index in [0.29, 0.717) is 39.8 Å². The zero-order valence-corrected chi connectivity index (χ0v) is 15.4. The van der Waals surface area contributed by atoms with Crippen LogP contribution in [-0.4, -0.2) is 18.9 Å². The number of ether oxygens (including phenoxy) is 2. The van der Waals surface area contributed by atoms with Crippen LogP contribution in [0.4, 0.5) is 11.4 Å². The molecule has 0 aliphatic carbocycles. The third kappa shape index (κ3) is 3.40. The minimum absolute atomic E-state index is 0.295. The van der Waals surface area contributed by atoms with Gasteiger partial charge in [0.2, 0.25) is 0 Å². The molecule has 28 heavy (non-hydrogen) atoms. The van der Waals surface area contributed by atoms with Gasteiger partial charge < -0.3 is 20.1 Å². The summed E-state index contributed by atoms with van der Waals surface area (Å²) in [6, 6.07) is 17.4. The average Bonchev–Trinajstić information content (AvgIpc) is 2.83. The van der Waals surface area contributed by atoms with Gasteiger partial charge in [-0.05, 0) is 61.0 Å². The van der Waals surface area contributed by atoms with Crippen molar-refractivity contribution in [2.45, 2.75) is 6.92 Å². The number of benzene rings is 3. The molecule has 0 saturated heterocycles. The predicted molar refractivity (Wildman–Crippen MR) is 107 cm³/mol. The van der Waals surface area contributed by atoms with Crippen LogP contribution < -0.4 is 20.1 Å². The van der Waals surface area contributed by atoms with Crippen LogP contribution >= 0.6 is 0 Å². The summed E-state index contributed by atoms with van der Waals surface area (Å²) in [6.45, 7) is 1.94. The molecule has 0 spiro atoms. The second-order valence-electron chi connectivity index (χ2n) is 6.45. The molecular formula is C22H18N2O4. The molecule has 2 N–H and O–H groups in total. The quantitative estimate of drug-likeness (QED) is 0.702. The Bertz CT molecular complexity index is 1090. The smallest absolute Gasteiger partial charge is 0.259 e. The van der Waals surface area contributed by atoms with Crippen LogP contribution in [0, 0.1) is 6.92 Å². The highest BCUT2D eigenvalue weighted by Crippen LogP contribution is 2.37. The van der Waals surface area contributed by atoms with Crippen molar-refractivity contribution in [2.75, 3.05) is 17.7 Å². The first-order valence-electron chi connectivity index (χ1n) is 8.73. The molecule has 0 bridgehead atoms. The molecule has 1 aliphatic heterocycles. The van der Waals surface area contributed by atoms with Crippen LogP contribution in [-0.2, 0) is 0 Å². The second-order valence-corrected chi connectivity index (χ2v) is 6.45. The molecule has 1 heterocycles. The van der Waals surface area contributed by atoms with Crippen molar-refractivity contribution in [3.63, 3.8) is 0 Å². The summed E-state index contributed by atoms with van der Waals surface area (Å²) in [7, 11) is 1.54. The zero-order valence-electron chi connectivity index (χ0n) is 15.4. The topological polar surface area (TPSA) is 76.7 Å². The molecule has 0 atom stereocenters. The molecule has 4 rings (SSSR count). The lowest BCUT2D eigenvalue weighted by Gasteiger charge is -2.10. The van der Waals surface area contributed by atoms with E-state index in [9.17, 15) is 9.59 Å². The van der Waals surface area contributed by atoms with E-state index in [1.54, 1.807) is 49.6 Å². The normalized spacial score (nSPS) is 12.0. The number of nitrogens with one attached hydrogen (secondary N) is 2. The molecule has 140 valence electrons. The lowest BCUT2D eigenvalue weighted by Crippen LogP contribution is -2.14. The Hall–Kier alpha value is -3.80. The average molecular weight is 374 g/mol. The highest BCUT2D eigenvalue weighted by molar-refractivity contribution is 6.10. The SMILES string of the molecule is COc1cccc(C(=O)Nc2ccc3c(c2)C(=O)Nc2cc(C)ccc2O3)c1. The number of fused-ring (bicyclic) bond motifs is 2. The molecule has 0 saturated carbocycles. The van der Waals surface area contributed by atoms with E-state index in [4.69, 9.17) is 9.47 Å². The predicted octanol–water partition coefficient (Wildman–Crippen LogP) is 4.61. The first-order chi connectivity index (χ1) is 13.5. The van der Waals surface area contributed by atoms with Gasteiger partial charge in [-0.15, -0.1) is 0 Å². The number of hydrogen-bond acceptors (Lipinski definition) is 4. The van der Waals surface area contributed by atoms with Crippen LogP contribution in [0.2, 0.25) is 0 Å². The van der Waals surface area contributed by atoms with E-state index in [1.165, 1.54) is 0 Å². The highest BCUT2D eigenvalue weighted by atomic mass is 16.5. The summed E-state index contributed by atoms with van der Waals surface area (Å²) < 4.78 is 11.0. The van der Waals surface area contributed by atoms with Crippen LogP contribution in [0.25, 0.3) is 0 Å². The van der Waals surface area contributed by atoms with Gasteiger partial charge in [0.05, 0.1) is 18.4 Å². The van der Waals surface area contributed by atoms with Crippen molar-refractivity contribution in [2.24, 2.45) is 0 Å². The minimum atomic E-state index is -0.298. The van der Waals surface area contributed by atoms with Crippen molar-refractivity contribution in [3.8, 4) is 17.2 Å². The molecule has 6 nitrogen and oxygen atoms in total. The maximum absolute atomic E-state index is 12.7. The van der Waals surface area contributed by atoms with Crippen molar-refractivity contribution >= 4 is 23.2 Å². The van der Waals surface area contributed by atoms with Gasteiger partial charge in [0, 0.05) is 11.3 Å². The lowest BCUT2D eigenvalue weighted by molar-refractivity contribution is 0.101. The molecule has 6 heteroatoms. The molecule has 3 aromatic carbocycles. The van der Waals surface area contributed by atoms with E-state index in [-0.39, 0.29) is 11.8 Å². The second kappa shape index (κ2) is 7.08. The van der Waals surface area contributed by atoms with Crippen molar-refractivity contribution < 1.29 is 19.1 Å². The van der Waals surface area contributed by atoms with Crippen LogP contribution in [0.15, 0.2) is 60.7 Å². The van der Waals surface area contributed by atoms with E-state index in [0.717, 1.165) is 5.56 Å². The first kappa shape index (κ1) is 17.6. The fourth-order valence-electron chi connectivity index (χ4n) is 2.98. The monoisotopic (exact) mass is 374 g/mol. The summed E-state index contributed by atoms with van der Waals surface area (Å²) in [6.07, 6.45) is 0. The third-order valence-corrected chi connectivity index (χ3v) is 4.42. The first-order valence-corrected chi connectivity index (χ1v) is 8.73. The lowest BCUT2D eigenvalue weighted by atomic mass is 10.1. The largest absolute Gasteiger partial charge is 0.497 e. The number of anilines is 2. The van der Waals surface area contributed by atoms with Gasteiger partial charge in [0.25, 0.3) is 11.8 Å². The number of methoxy groups -OCH3 is 1. The summed E-state index contributed by atoms with van der Waals surface area (Å²) in [4.78, 5) is 25.2. The Morgan fingerprint density at radius 3 is 2.68 bits per heavy atom. The van der Waals surface area contributed by atoms with Gasteiger partial charge in [-0.2, -0.15) is 0 Å². The maximum Gasteiger partial charge on any atom is 0.259 e. The van der Waals surface area contributed by atoms with Gasteiger partial charge in [0.1, 0.15) is 11.5 Å². The van der Waals surface area contributed by atoms with Crippen molar-refractivity contribution in [3.05, 3.63) is 77.4 Å². The third-order valence-electron chi connectivity index (χ3n) is 4.42. The van der Waals surface area contributed by atoms with E-state index < -0.39 is 0 Å². The number of carbonyl (C=O) groups excluding carboxylic acids is 2. The summed E-state index contributed by atoms with van der Waals surface area (Å²) in [5, 5.41) is 5.65. The van der Waals surface area contributed by atoms with Gasteiger partial charge in [-0.25, -0.2) is 0 Å². The summed E-state index contributed by atoms with van der Waals surface area (Å²) >= 11 is 0. The highest BCUT2D eigenvalue weighted by Gasteiger charge is 2.21. The standard InChI is InChI=1S/C22H18N2O4/c1-13-6-8-20-18(10-13)24-22(26)17-12-15(7-9-19(17)28-20)23-21(25)14-4-3-5-16(11-14)27-2/h3-12H,1-2H3,(H,23,25)(H,24,26). The Balaban J connectivity index is 1.61. The number of rotatable bonds is 3. The zero-order chi connectivity index (χ0) is 19.7. The van der Waals surface area contributed by atoms with Gasteiger partial charge in [-0.3, -0.25) is 9.59 Å². The van der Waals surface area contributed by atoms with Gasteiger partial charge in [0.15, 0.2) is 5.75 Å². The molecule has 1 aliphatic rings.